The van der Waals surface area contributed by atoms with Crippen LogP contribution in [0, 0.1) is 0 Å². The highest BCUT2D eigenvalue weighted by Gasteiger charge is 2.18. The van der Waals surface area contributed by atoms with Gasteiger partial charge in [-0.15, -0.1) is 0 Å². The molecule has 0 aliphatic carbocycles. The van der Waals surface area contributed by atoms with Crippen LogP contribution in [0.1, 0.15) is 0 Å². The summed E-state index contributed by atoms with van der Waals surface area (Å²) in [7, 11) is 0. The summed E-state index contributed by atoms with van der Waals surface area (Å²) in [5.41, 5.74) is 3.23. The van der Waals surface area contributed by atoms with Crippen LogP contribution in [0.2, 0.25) is 0 Å². The van der Waals surface area contributed by atoms with Crippen molar-refractivity contribution in [3.05, 3.63) is 103 Å². The van der Waals surface area contributed by atoms with Gasteiger partial charge in [-0.25, -0.2) is 0 Å². The molecule has 6 aromatic carbocycles. The van der Waals surface area contributed by atoms with Gasteiger partial charge in [0, 0.05) is 10.9 Å². The van der Waals surface area contributed by atoms with E-state index in [4.69, 9.17) is 0 Å². The molecule has 0 radical (unpaired) electrons. The Balaban J connectivity index is 1.74. The van der Waals surface area contributed by atoms with Crippen molar-refractivity contribution in [3.63, 3.8) is 0 Å². The lowest BCUT2D eigenvalue weighted by molar-refractivity contribution is 0.476. The molecule has 0 amide bonds. The third-order valence-electron chi connectivity index (χ3n) is 6.33. The average Bonchev–Trinajstić information content (AvgIpc) is 2.83. The molecule has 0 saturated carbocycles. The average molecular weight is 428 g/mol. The van der Waals surface area contributed by atoms with Crippen molar-refractivity contribution in [2.45, 2.75) is 0 Å². The van der Waals surface area contributed by atoms with E-state index in [0.717, 1.165) is 49.2 Å². The first-order chi connectivity index (χ1) is 16.1. The number of phenols is 3. The third kappa shape index (κ3) is 2.98. The molecule has 0 heterocycles. The highest BCUT2D eigenvalue weighted by atomic mass is 16.3. The molecule has 0 aromatic heterocycles. The first kappa shape index (κ1) is 19.2. The minimum absolute atomic E-state index is 0.150. The summed E-state index contributed by atoms with van der Waals surface area (Å²) >= 11 is 0. The summed E-state index contributed by atoms with van der Waals surface area (Å²) in [6, 6.07) is 32.3. The zero-order chi connectivity index (χ0) is 22.5. The van der Waals surface area contributed by atoms with Crippen molar-refractivity contribution < 1.29 is 15.3 Å². The monoisotopic (exact) mass is 428 g/mol. The summed E-state index contributed by atoms with van der Waals surface area (Å²) in [4.78, 5) is 0. The summed E-state index contributed by atoms with van der Waals surface area (Å²) in [5, 5.41) is 37.6. The summed E-state index contributed by atoms with van der Waals surface area (Å²) in [5.74, 6) is 0.508. The van der Waals surface area contributed by atoms with Crippen molar-refractivity contribution in [2.24, 2.45) is 0 Å². The Morgan fingerprint density at radius 2 is 1.12 bits per heavy atom. The highest BCUT2D eigenvalue weighted by molar-refractivity contribution is 6.15. The Bertz CT molecular complexity index is 1700. The van der Waals surface area contributed by atoms with Gasteiger partial charge in [0.1, 0.15) is 17.2 Å². The fourth-order valence-corrected chi connectivity index (χ4v) is 4.89. The molecule has 0 aliphatic heterocycles. The molecule has 6 aromatic rings. The maximum Gasteiger partial charge on any atom is 0.124 e. The van der Waals surface area contributed by atoms with E-state index in [1.165, 1.54) is 0 Å². The van der Waals surface area contributed by atoms with E-state index in [-0.39, 0.29) is 17.2 Å². The van der Waals surface area contributed by atoms with Gasteiger partial charge in [-0.1, -0.05) is 78.9 Å². The topological polar surface area (TPSA) is 60.7 Å². The maximum atomic E-state index is 11.0. The lowest BCUT2D eigenvalue weighted by Gasteiger charge is -2.17. The zero-order valence-corrected chi connectivity index (χ0v) is 17.7. The molecule has 3 nitrogen and oxygen atoms in total. The smallest absolute Gasteiger partial charge is 0.124 e. The molecule has 0 bridgehead atoms. The Morgan fingerprint density at radius 3 is 1.97 bits per heavy atom. The van der Waals surface area contributed by atoms with Crippen molar-refractivity contribution in [2.75, 3.05) is 0 Å². The molecule has 0 atom stereocenters. The van der Waals surface area contributed by atoms with Gasteiger partial charge in [0.2, 0.25) is 0 Å². The number of fused-ring (bicyclic) bond motifs is 3. The van der Waals surface area contributed by atoms with Gasteiger partial charge in [0.25, 0.3) is 0 Å². The Hall–Kier alpha value is -4.50. The van der Waals surface area contributed by atoms with Gasteiger partial charge < -0.3 is 15.3 Å². The van der Waals surface area contributed by atoms with Crippen LogP contribution in [0.5, 0.6) is 17.2 Å². The zero-order valence-electron chi connectivity index (χ0n) is 17.7. The third-order valence-corrected chi connectivity index (χ3v) is 6.33. The second kappa shape index (κ2) is 7.28. The number of rotatable bonds is 2. The second-order valence-corrected chi connectivity index (χ2v) is 8.26. The molecule has 33 heavy (non-hydrogen) atoms. The van der Waals surface area contributed by atoms with E-state index < -0.39 is 0 Å². The van der Waals surface area contributed by atoms with Gasteiger partial charge in [-0.2, -0.15) is 0 Å². The molecular weight excluding hydrogens is 408 g/mol. The van der Waals surface area contributed by atoms with Crippen molar-refractivity contribution in [1.82, 2.24) is 0 Å². The summed E-state index contributed by atoms with van der Waals surface area (Å²) in [6.07, 6.45) is 0. The standard InChI is InChI=1S/C30H20O3/c31-20-16-19-7-2-3-8-21(19)26(17-20)25-14-13-24(23-10-5-11-27(32)30(23)25)29-22-9-4-1-6-18(22)12-15-28(29)33/h1-17,31-33H. The number of hydrogen-bond acceptors (Lipinski definition) is 3. The summed E-state index contributed by atoms with van der Waals surface area (Å²) in [6.45, 7) is 0. The largest absolute Gasteiger partial charge is 0.508 e. The molecular formula is C30H20O3. The number of aromatic hydroxyl groups is 3. The van der Waals surface area contributed by atoms with E-state index in [0.29, 0.717) is 5.39 Å². The van der Waals surface area contributed by atoms with Crippen LogP contribution >= 0.6 is 0 Å². The van der Waals surface area contributed by atoms with E-state index in [2.05, 4.69) is 0 Å². The van der Waals surface area contributed by atoms with E-state index in [9.17, 15) is 15.3 Å². The van der Waals surface area contributed by atoms with Gasteiger partial charge in [-0.3, -0.25) is 0 Å². The molecule has 0 fully saturated rings. The van der Waals surface area contributed by atoms with Crippen LogP contribution in [0.4, 0.5) is 0 Å². The predicted octanol–water partition coefficient (Wildman–Crippen LogP) is 7.60. The highest BCUT2D eigenvalue weighted by Crippen LogP contribution is 2.46. The van der Waals surface area contributed by atoms with Crippen molar-refractivity contribution >= 4 is 32.3 Å². The van der Waals surface area contributed by atoms with Crippen LogP contribution in [-0.4, -0.2) is 15.3 Å². The molecule has 0 aliphatic rings. The van der Waals surface area contributed by atoms with E-state index in [1.807, 2.05) is 78.9 Å². The number of benzene rings is 6. The van der Waals surface area contributed by atoms with Gasteiger partial charge in [0.05, 0.1) is 0 Å². The minimum Gasteiger partial charge on any atom is -0.508 e. The molecule has 6 rings (SSSR count). The minimum atomic E-state index is 0.150. The first-order valence-corrected chi connectivity index (χ1v) is 10.8. The van der Waals surface area contributed by atoms with Crippen molar-refractivity contribution in [1.29, 1.82) is 0 Å². The van der Waals surface area contributed by atoms with Crippen molar-refractivity contribution in [3.8, 4) is 39.5 Å². The molecule has 0 saturated heterocycles. The maximum absolute atomic E-state index is 11.0. The Morgan fingerprint density at radius 1 is 0.424 bits per heavy atom. The fourth-order valence-electron chi connectivity index (χ4n) is 4.89. The van der Waals surface area contributed by atoms with Crippen LogP contribution in [0.15, 0.2) is 103 Å². The van der Waals surface area contributed by atoms with Gasteiger partial charge >= 0.3 is 0 Å². The van der Waals surface area contributed by atoms with Crippen LogP contribution < -0.4 is 0 Å². The number of hydrogen-bond donors (Lipinski definition) is 3. The van der Waals surface area contributed by atoms with Crippen LogP contribution in [0.3, 0.4) is 0 Å². The summed E-state index contributed by atoms with van der Waals surface area (Å²) < 4.78 is 0. The fraction of sp³-hybridized carbons (Fsp3) is 0. The molecule has 0 spiro atoms. The first-order valence-electron chi connectivity index (χ1n) is 10.8. The van der Waals surface area contributed by atoms with Crippen LogP contribution in [0.25, 0.3) is 54.6 Å². The Labute approximate surface area is 190 Å². The SMILES string of the molecule is Oc1cc(-c2ccc(-c3c(O)ccc4ccccc34)c3cccc(O)c23)c2ccccc2c1. The molecule has 0 unspecified atom stereocenters. The van der Waals surface area contributed by atoms with E-state index in [1.54, 1.807) is 24.3 Å². The quantitative estimate of drug-likeness (QED) is 0.266. The Kier molecular flexibility index (Phi) is 4.24. The predicted molar refractivity (Wildman–Crippen MR) is 135 cm³/mol. The molecule has 3 N–H and O–H groups in total. The van der Waals surface area contributed by atoms with Crippen LogP contribution in [-0.2, 0) is 0 Å². The van der Waals surface area contributed by atoms with E-state index >= 15 is 0 Å². The van der Waals surface area contributed by atoms with Gasteiger partial charge in [0.15, 0.2) is 0 Å². The molecule has 3 heteroatoms. The van der Waals surface area contributed by atoms with Gasteiger partial charge in [-0.05, 0) is 67.9 Å². The lowest BCUT2D eigenvalue weighted by Crippen LogP contribution is -1.90. The normalized spacial score (nSPS) is 11.4. The second-order valence-electron chi connectivity index (χ2n) is 8.26. The molecule has 158 valence electrons. The number of phenolic OH excluding ortho intramolecular Hbond substituents is 3. The lowest BCUT2D eigenvalue weighted by atomic mass is 9.88.